The molecule has 1 saturated heterocycles. The van der Waals surface area contributed by atoms with Gasteiger partial charge in [-0.2, -0.15) is 28.2 Å². The average molecular weight is 705 g/mol. The molecule has 0 aliphatic carbocycles. The number of nitrogens with one attached hydrogen (secondary N) is 3. The number of H-pyrrole nitrogens is 1. The minimum atomic E-state index is -4.56. The second-order valence-electron chi connectivity index (χ2n) is 12.5. The number of aromatic amines is 1. The molecule has 50 heavy (non-hydrogen) atoms. The fourth-order valence-corrected chi connectivity index (χ4v) is 7.50. The van der Waals surface area contributed by atoms with Crippen LogP contribution < -0.4 is 25.6 Å². The number of aromatic nitrogens is 7. The van der Waals surface area contributed by atoms with Gasteiger partial charge in [-0.1, -0.05) is 7.92 Å². The molecule has 5 heterocycles. The average Bonchev–Trinajstić information content (AvgIpc) is 3.72. The van der Waals surface area contributed by atoms with Crippen LogP contribution in [0.3, 0.4) is 0 Å². The minimum absolute atomic E-state index is 0.000507. The maximum atomic E-state index is 13.6. The molecular weight excluding hydrogens is 668 g/mol. The molecule has 6 aromatic rings. The number of benzene rings is 2. The van der Waals surface area contributed by atoms with Crippen molar-refractivity contribution >= 4 is 64.1 Å². The van der Waals surface area contributed by atoms with Gasteiger partial charge in [0.2, 0.25) is 5.95 Å². The van der Waals surface area contributed by atoms with Crippen LogP contribution in [0.4, 0.5) is 42.0 Å². The molecule has 0 saturated carbocycles. The summed E-state index contributed by atoms with van der Waals surface area (Å²) >= 11 is 0. The number of hydrogen-bond donors (Lipinski definition) is 3. The smallest absolute Gasteiger partial charge is 0.422 e. The maximum Gasteiger partial charge on any atom is 0.422 e. The van der Waals surface area contributed by atoms with Gasteiger partial charge >= 0.3 is 6.18 Å². The lowest BCUT2D eigenvalue weighted by molar-refractivity contribution is -0.153. The Bertz CT molecular complexity index is 2160. The van der Waals surface area contributed by atoms with Gasteiger partial charge in [0, 0.05) is 78.8 Å². The number of anilines is 5. The molecule has 3 N–H and O–H groups in total. The standard InChI is InChI=1S/C34H36F3N10O2P/c1-19-15-47(16-20(2)49-19)27-13-28(48-18-34(35,36)37)26(12-23(27)21-14-41-46(3)17-21)43-33-44-31-22(8-9-40-31)32(45-33)42-25-7-6-24-29(30(25)50(4)5)39-11-10-38-24/h6-14,17,19-20H,15-16,18H2,1-5H3,(H3,40,42,43,44,45)/t19-,20+. The van der Waals surface area contributed by atoms with E-state index < -0.39 is 20.7 Å². The van der Waals surface area contributed by atoms with E-state index in [1.807, 2.05) is 45.3 Å². The Morgan fingerprint density at radius 2 is 1.80 bits per heavy atom. The van der Waals surface area contributed by atoms with Gasteiger partial charge in [0.1, 0.15) is 17.2 Å². The van der Waals surface area contributed by atoms with Crippen molar-refractivity contribution in [3.8, 4) is 16.9 Å². The molecule has 2 atom stereocenters. The minimum Gasteiger partial charge on any atom is -0.482 e. The van der Waals surface area contributed by atoms with E-state index in [0.29, 0.717) is 30.2 Å². The summed E-state index contributed by atoms with van der Waals surface area (Å²) in [5, 5.41) is 12.8. The second-order valence-corrected chi connectivity index (χ2v) is 14.7. The SMILES string of the molecule is C[C@@H]1CN(c2cc(OCC(F)(F)F)c(Nc3nc(Nc4ccc5nccnc5c4P(C)C)c4cc[nH]c4n3)cc2-c2cnn(C)c2)C[C@H](C)O1. The summed E-state index contributed by atoms with van der Waals surface area (Å²) in [7, 11) is 1.20. The summed E-state index contributed by atoms with van der Waals surface area (Å²) in [4.78, 5) is 23.8. The summed E-state index contributed by atoms with van der Waals surface area (Å²) in [6, 6.07) is 9.13. The van der Waals surface area contributed by atoms with E-state index in [4.69, 9.17) is 14.5 Å². The molecule has 0 amide bonds. The Kier molecular flexibility index (Phi) is 8.95. The monoisotopic (exact) mass is 704 g/mol. The van der Waals surface area contributed by atoms with Crippen LogP contribution in [-0.4, -0.2) is 86.1 Å². The first-order valence-electron chi connectivity index (χ1n) is 16.0. The van der Waals surface area contributed by atoms with Crippen LogP contribution in [0.15, 0.2) is 61.3 Å². The Labute approximate surface area is 287 Å². The Hall–Kier alpha value is -5.01. The Morgan fingerprint density at radius 3 is 2.52 bits per heavy atom. The molecule has 2 aromatic carbocycles. The molecule has 1 fully saturated rings. The van der Waals surface area contributed by atoms with Crippen LogP contribution in [0.2, 0.25) is 0 Å². The van der Waals surface area contributed by atoms with Crippen LogP contribution >= 0.6 is 7.92 Å². The number of morpholine rings is 1. The van der Waals surface area contributed by atoms with Crippen molar-refractivity contribution in [3.05, 3.63) is 61.3 Å². The molecule has 12 nitrogen and oxygen atoms in total. The van der Waals surface area contributed by atoms with Gasteiger partial charge in [-0.3, -0.25) is 14.6 Å². The molecule has 0 unspecified atom stereocenters. The first kappa shape index (κ1) is 33.5. The highest BCUT2D eigenvalue weighted by atomic mass is 31.1. The largest absolute Gasteiger partial charge is 0.482 e. The van der Waals surface area contributed by atoms with Gasteiger partial charge in [0.15, 0.2) is 6.61 Å². The normalized spacial score (nSPS) is 16.8. The Morgan fingerprint density at radius 1 is 1.02 bits per heavy atom. The summed E-state index contributed by atoms with van der Waals surface area (Å²) in [5.74, 6) is 0.646. The van der Waals surface area contributed by atoms with Crippen molar-refractivity contribution in [3.63, 3.8) is 0 Å². The van der Waals surface area contributed by atoms with Crippen molar-refractivity contribution < 1.29 is 22.6 Å². The molecule has 1 aliphatic heterocycles. The number of nitrogens with zero attached hydrogens (tertiary/aromatic N) is 7. The topological polar surface area (TPSA) is 131 Å². The van der Waals surface area contributed by atoms with E-state index in [1.54, 1.807) is 41.6 Å². The van der Waals surface area contributed by atoms with Gasteiger partial charge in [-0.15, -0.1) is 0 Å². The molecule has 0 radical (unpaired) electrons. The van der Waals surface area contributed by atoms with Gasteiger partial charge in [0.05, 0.1) is 40.5 Å². The zero-order valence-corrected chi connectivity index (χ0v) is 29.0. The van der Waals surface area contributed by atoms with Gasteiger partial charge in [0.25, 0.3) is 0 Å². The molecule has 1 aliphatic rings. The Balaban J connectivity index is 1.33. The number of halogens is 3. The van der Waals surface area contributed by atoms with Crippen LogP contribution in [0.1, 0.15) is 13.8 Å². The van der Waals surface area contributed by atoms with Gasteiger partial charge in [-0.25, -0.2) is 0 Å². The third-order valence-electron chi connectivity index (χ3n) is 8.24. The fourth-order valence-electron chi connectivity index (χ4n) is 6.29. The van der Waals surface area contributed by atoms with E-state index >= 15 is 0 Å². The number of ether oxygens (including phenoxy) is 2. The molecule has 0 bridgehead atoms. The number of alkyl halides is 3. The van der Waals surface area contributed by atoms with Crippen molar-refractivity contribution in [2.24, 2.45) is 7.05 Å². The number of hydrogen-bond acceptors (Lipinski definition) is 10. The highest BCUT2D eigenvalue weighted by Crippen LogP contribution is 2.42. The zero-order valence-electron chi connectivity index (χ0n) is 28.1. The van der Waals surface area contributed by atoms with Crippen LogP contribution in [0.5, 0.6) is 5.75 Å². The van der Waals surface area contributed by atoms with Gasteiger partial charge < -0.3 is 30.0 Å². The predicted octanol–water partition coefficient (Wildman–Crippen LogP) is 6.71. The lowest BCUT2D eigenvalue weighted by Gasteiger charge is -2.38. The predicted molar refractivity (Wildman–Crippen MR) is 191 cm³/mol. The second kappa shape index (κ2) is 13.4. The van der Waals surface area contributed by atoms with Crippen molar-refractivity contribution in [1.82, 2.24) is 34.7 Å². The number of aryl methyl sites for hydroxylation is 1. The van der Waals surface area contributed by atoms with Crippen LogP contribution in [-0.2, 0) is 11.8 Å². The third-order valence-corrected chi connectivity index (χ3v) is 9.59. The van der Waals surface area contributed by atoms with E-state index in [9.17, 15) is 13.2 Å². The lowest BCUT2D eigenvalue weighted by atomic mass is 10.0. The van der Waals surface area contributed by atoms with Crippen LogP contribution in [0, 0.1) is 0 Å². The quantitative estimate of drug-likeness (QED) is 0.140. The molecular formula is C34H36F3N10O2P. The fraction of sp³-hybridized carbons (Fsp3) is 0.324. The van der Waals surface area contributed by atoms with Crippen molar-refractivity contribution in [2.45, 2.75) is 32.2 Å². The van der Waals surface area contributed by atoms with E-state index in [-0.39, 0.29) is 29.6 Å². The zero-order chi connectivity index (χ0) is 35.2. The highest BCUT2D eigenvalue weighted by Gasteiger charge is 2.31. The van der Waals surface area contributed by atoms with Crippen molar-refractivity contribution in [2.75, 3.05) is 48.6 Å². The maximum absolute atomic E-state index is 13.6. The first-order valence-corrected chi connectivity index (χ1v) is 18.2. The van der Waals surface area contributed by atoms with Crippen molar-refractivity contribution in [1.29, 1.82) is 0 Å². The molecule has 4 aromatic heterocycles. The van der Waals surface area contributed by atoms with Gasteiger partial charge in [-0.05, 0) is 51.4 Å². The van der Waals surface area contributed by atoms with E-state index in [1.165, 1.54) is 0 Å². The highest BCUT2D eigenvalue weighted by molar-refractivity contribution is 7.65. The molecule has 7 rings (SSSR count). The first-order chi connectivity index (χ1) is 23.9. The summed E-state index contributed by atoms with van der Waals surface area (Å²) in [5.41, 5.74) is 5.45. The molecule has 260 valence electrons. The lowest BCUT2D eigenvalue weighted by Crippen LogP contribution is -2.45. The van der Waals surface area contributed by atoms with E-state index in [2.05, 4.69) is 53.9 Å². The summed E-state index contributed by atoms with van der Waals surface area (Å²) in [6.07, 6.45) is 3.95. The van der Waals surface area contributed by atoms with E-state index in [0.717, 1.165) is 38.5 Å². The summed E-state index contributed by atoms with van der Waals surface area (Å²) in [6.45, 7) is 7.85. The number of rotatable bonds is 9. The third kappa shape index (κ3) is 7.01. The van der Waals surface area contributed by atoms with Crippen LogP contribution in [0.25, 0.3) is 33.2 Å². The summed E-state index contributed by atoms with van der Waals surface area (Å²) < 4.78 is 53.8. The molecule has 0 spiro atoms. The molecule has 16 heteroatoms. The number of fused-ring (bicyclic) bond motifs is 2.